The van der Waals surface area contributed by atoms with E-state index >= 15 is 0 Å². The largest absolute Gasteiger partial charge is 0.442 e. The predicted octanol–water partition coefficient (Wildman–Crippen LogP) is 4.99. The van der Waals surface area contributed by atoms with Crippen LogP contribution in [0.1, 0.15) is 59.4 Å². The standard InChI is InChI=1S/C28H42N2O5/c1-17-13-22-11-8-12-23(16-22)30-27(32)19(3)10-7-9-18(2)26(35-28(29)33)21(5)15-20(4)25(31)24(14-17)34-6/h8,10-12,15-18,20,24-26,31H,7,9,13-14H2,1-6H3,(H2,29,33)(H,30,32)/b19-10+,21-15+/t17-,18+,20+,24+,25-,26+/m1/s1. The van der Waals surface area contributed by atoms with Gasteiger partial charge in [0.05, 0.1) is 12.2 Å². The van der Waals surface area contributed by atoms with Crippen molar-refractivity contribution in [3.63, 3.8) is 0 Å². The van der Waals surface area contributed by atoms with Gasteiger partial charge in [0, 0.05) is 24.3 Å². The van der Waals surface area contributed by atoms with Crippen LogP contribution >= 0.6 is 0 Å². The maximum Gasteiger partial charge on any atom is 0.405 e. The molecule has 0 saturated carbocycles. The van der Waals surface area contributed by atoms with Crippen molar-refractivity contribution in [1.82, 2.24) is 0 Å². The first-order valence-corrected chi connectivity index (χ1v) is 12.4. The molecular formula is C28H42N2O5. The fraction of sp³-hybridized carbons (Fsp3) is 0.571. The number of aliphatic hydroxyl groups excluding tert-OH is 1. The Kier molecular flexibility index (Phi) is 11.0. The minimum Gasteiger partial charge on any atom is -0.442 e. The number of aliphatic hydroxyl groups is 1. The minimum absolute atomic E-state index is 0.0350. The molecule has 6 atom stereocenters. The second-order valence-corrected chi connectivity index (χ2v) is 10.0. The lowest BCUT2D eigenvalue weighted by atomic mass is 9.87. The van der Waals surface area contributed by atoms with E-state index in [0.717, 1.165) is 23.2 Å². The Morgan fingerprint density at radius 2 is 1.91 bits per heavy atom. The molecule has 1 aromatic rings. The summed E-state index contributed by atoms with van der Waals surface area (Å²) in [6.07, 6.45) is 4.22. The number of hydrogen-bond acceptors (Lipinski definition) is 5. The Morgan fingerprint density at radius 1 is 1.20 bits per heavy atom. The second-order valence-electron chi connectivity index (χ2n) is 10.0. The number of primary amides is 1. The van der Waals surface area contributed by atoms with Gasteiger partial charge in [-0.05, 0) is 74.6 Å². The third kappa shape index (κ3) is 8.82. The van der Waals surface area contributed by atoms with Crippen LogP contribution in [0.2, 0.25) is 0 Å². The molecule has 0 fully saturated rings. The maximum absolute atomic E-state index is 12.7. The molecule has 0 aromatic heterocycles. The number of amides is 2. The number of methoxy groups -OCH3 is 1. The molecule has 7 heteroatoms. The van der Waals surface area contributed by atoms with Crippen molar-refractivity contribution in [1.29, 1.82) is 0 Å². The van der Waals surface area contributed by atoms with Crippen molar-refractivity contribution in [3.8, 4) is 0 Å². The number of rotatable bonds is 2. The zero-order chi connectivity index (χ0) is 26.1. The van der Waals surface area contributed by atoms with Crippen molar-refractivity contribution < 1.29 is 24.2 Å². The van der Waals surface area contributed by atoms with Crippen LogP contribution < -0.4 is 11.1 Å². The zero-order valence-corrected chi connectivity index (χ0v) is 21.9. The van der Waals surface area contributed by atoms with Gasteiger partial charge in [-0.2, -0.15) is 0 Å². The van der Waals surface area contributed by atoms with E-state index in [1.807, 2.05) is 57.2 Å². The first-order valence-electron chi connectivity index (χ1n) is 12.4. The highest BCUT2D eigenvalue weighted by Crippen LogP contribution is 2.27. The molecule has 4 N–H and O–H groups in total. The molecule has 1 aliphatic heterocycles. The molecule has 2 rings (SSSR count). The number of nitrogens with one attached hydrogen (secondary N) is 1. The molecule has 7 nitrogen and oxygen atoms in total. The number of fused-ring (bicyclic) bond motifs is 2. The Bertz CT molecular complexity index is 926. The van der Waals surface area contributed by atoms with Gasteiger partial charge in [0.1, 0.15) is 6.10 Å². The minimum atomic E-state index is -0.836. The molecule has 0 aliphatic carbocycles. The average molecular weight is 487 g/mol. The highest BCUT2D eigenvalue weighted by atomic mass is 16.6. The van der Waals surface area contributed by atoms with E-state index in [1.165, 1.54) is 0 Å². The van der Waals surface area contributed by atoms with E-state index in [1.54, 1.807) is 14.0 Å². The van der Waals surface area contributed by atoms with Gasteiger partial charge in [0.2, 0.25) is 0 Å². The summed E-state index contributed by atoms with van der Waals surface area (Å²) in [5.74, 6) is -0.148. The van der Waals surface area contributed by atoms with Crippen molar-refractivity contribution in [2.24, 2.45) is 23.5 Å². The van der Waals surface area contributed by atoms with Crippen LogP contribution in [0.25, 0.3) is 0 Å². The normalized spacial score (nSPS) is 32.5. The zero-order valence-electron chi connectivity index (χ0n) is 21.9. The van der Waals surface area contributed by atoms with Gasteiger partial charge in [-0.25, -0.2) is 4.79 Å². The molecule has 1 aliphatic rings. The van der Waals surface area contributed by atoms with Crippen LogP contribution in [0.4, 0.5) is 10.5 Å². The topological polar surface area (TPSA) is 111 Å². The van der Waals surface area contributed by atoms with Gasteiger partial charge in [0.25, 0.3) is 5.91 Å². The van der Waals surface area contributed by atoms with E-state index in [-0.39, 0.29) is 29.8 Å². The fourth-order valence-electron chi connectivity index (χ4n) is 4.80. The highest BCUT2D eigenvalue weighted by molar-refractivity contribution is 6.03. The third-order valence-electron chi connectivity index (χ3n) is 6.79. The molecule has 0 saturated heterocycles. The molecule has 0 unspecified atom stereocenters. The van der Waals surface area contributed by atoms with E-state index < -0.39 is 18.3 Å². The highest BCUT2D eigenvalue weighted by Gasteiger charge is 2.28. The number of anilines is 1. The Hall–Kier alpha value is -2.64. The molecule has 2 amide bonds. The Balaban J connectivity index is 2.39. The predicted molar refractivity (Wildman–Crippen MR) is 139 cm³/mol. The van der Waals surface area contributed by atoms with Gasteiger partial charge in [0.15, 0.2) is 0 Å². The number of hydrogen-bond donors (Lipinski definition) is 3. The van der Waals surface area contributed by atoms with Gasteiger partial charge in [-0.15, -0.1) is 0 Å². The number of nitrogens with two attached hydrogens (primary N) is 1. The van der Waals surface area contributed by atoms with Crippen molar-refractivity contribution in [2.75, 3.05) is 12.4 Å². The summed E-state index contributed by atoms with van der Waals surface area (Å²) in [7, 11) is 1.62. The van der Waals surface area contributed by atoms with Crippen molar-refractivity contribution in [3.05, 3.63) is 53.1 Å². The molecule has 0 radical (unpaired) electrons. The van der Waals surface area contributed by atoms with Crippen LogP contribution in [0.15, 0.2) is 47.6 Å². The molecular weight excluding hydrogens is 444 g/mol. The van der Waals surface area contributed by atoms with Crippen LogP contribution in [-0.2, 0) is 20.7 Å². The van der Waals surface area contributed by atoms with Gasteiger partial charge >= 0.3 is 6.09 Å². The van der Waals surface area contributed by atoms with Crippen LogP contribution in [0.5, 0.6) is 0 Å². The summed E-state index contributed by atoms with van der Waals surface area (Å²) in [4.78, 5) is 24.3. The SMILES string of the molecule is CO[C@H]1C[C@H](C)Cc2cccc(c2)NC(=O)/C(C)=C/CC[C@H](C)[C@H](OC(N)=O)/C(C)=C/[C@H](C)[C@H]1O. The Labute approximate surface area is 209 Å². The van der Waals surface area contributed by atoms with E-state index in [4.69, 9.17) is 15.2 Å². The van der Waals surface area contributed by atoms with Gasteiger partial charge in [-0.1, -0.05) is 45.1 Å². The molecule has 2 bridgehead atoms. The van der Waals surface area contributed by atoms with Gasteiger partial charge in [-0.3, -0.25) is 4.79 Å². The van der Waals surface area contributed by atoms with Crippen molar-refractivity contribution in [2.45, 2.75) is 78.6 Å². The summed E-state index contributed by atoms with van der Waals surface area (Å²) in [5, 5.41) is 14.1. The van der Waals surface area contributed by atoms with Crippen LogP contribution in [-0.4, -0.2) is 42.5 Å². The summed E-state index contributed by atoms with van der Waals surface area (Å²) < 4.78 is 11.1. The van der Waals surface area contributed by atoms with E-state index in [0.29, 0.717) is 24.8 Å². The van der Waals surface area contributed by atoms with E-state index in [9.17, 15) is 14.7 Å². The Morgan fingerprint density at radius 3 is 2.57 bits per heavy atom. The molecule has 0 spiro atoms. The molecule has 194 valence electrons. The lowest BCUT2D eigenvalue weighted by Gasteiger charge is -2.29. The number of carbonyl (C=O) groups excluding carboxylic acids is 2. The first-order chi connectivity index (χ1) is 16.5. The number of benzene rings is 1. The quantitative estimate of drug-likeness (QED) is 0.510. The average Bonchev–Trinajstić information content (AvgIpc) is 2.79. The van der Waals surface area contributed by atoms with Gasteiger partial charge < -0.3 is 25.6 Å². The summed E-state index contributed by atoms with van der Waals surface area (Å²) in [6.45, 7) is 9.74. The number of ether oxygens (including phenoxy) is 2. The smallest absolute Gasteiger partial charge is 0.405 e. The molecule has 35 heavy (non-hydrogen) atoms. The summed E-state index contributed by atoms with van der Waals surface area (Å²) >= 11 is 0. The second kappa shape index (κ2) is 13.4. The number of allylic oxidation sites excluding steroid dienone is 1. The molecule has 1 heterocycles. The van der Waals surface area contributed by atoms with Crippen LogP contribution in [0.3, 0.4) is 0 Å². The van der Waals surface area contributed by atoms with Crippen molar-refractivity contribution >= 4 is 17.7 Å². The number of carbonyl (C=O) groups is 2. The van der Waals surface area contributed by atoms with Crippen LogP contribution in [0, 0.1) is 17.8 Å². The molecule has 1 aromatic carbocycles. The first kappa shape index (κ1) is 28.6. The third-order valence-corrected chi connectivity index (χ3v) is 6.79. The monoisotopic (exact) mass is 486 g/mol. The lowest BCUT2D eigenvalue weighted by molar-refractivity contribution is -0.112. The lowest BCUT2D eigenvalue weighted by Crippen LogP contribution is -2.35. The van der Waals surface area contributed by atoms with E-state index in [2.05, 4.69) is 12.2 Å². The fourth-order valence-corrected chi connectivity index (χ4v) is 4.80. The summed E-state index contributed by atoms with van der Waals surface area (Å²) in [5.41, 5.74) is 8.69. The summed E-state index contributed by atoms with van der Waals surface area (Å²) in [6, 6.07) is 7.87. The maximum atomic E-state index is 12.7.